The van der Waals surface area contributed by atoms with Crippen molar-refractivity contribution in [2.45, 2.75) is 26.8 Å². The van der Waals surface area contributed by atoms with Crippen molar-refractivity contribution in [1.29, 1.82) is 0 Å². The SMILES string of the molecule is CC(C)CCOc1ccccc1Cn1c(O)c(N=O)c2cc(Cl)ccc21. The minimum Gasteiger partial charge on any atom is -0.493 e. The second kappa shape index (κ2) is 7.79. The van der Waals surface area contributed by atoms with E-state index in [0.29, 0.717) is 35.0 Å². The molecular weight excluding hydrogens is 352 g/mol. The van der Waals surface area contributed by atoms with Crippen LogP contribution in [0.25, 0.3) is 10.9 Å². The summed E-state index contributed by atoms with van der Waals surface area (Å²) in [6, 6.07) is 12.8. The Bertz CT molecular complexity index is 934. The van der Waals surface area contributed by atoms with Crippen LogP contribution in [0.5, 0.6) is 11.6 Å². The summed E-state index contributed by atoms with van der Waals surface area (Å²) in [6.07, 6.45) is 0.962. The Hall–Kier alpha value is -2.53. The maximum absolute atomic E-state index is 11.2. The van der Waals surface area contributed by atoms with Crippen molar-refractivity contribution in [2.24, 2.45) is 11.1 Å². The predicted molar refractivity (Wildman–Crippen MR) is 105 cm³/mol. The van der Waals surface area contributed by atoms with E-state index in [2.05, 4.69) is 19.0 Å². The number of ether oxygens (including phenoxy) is 1. The molecule has 0 saturated heterocycles. The number of hydrogen-bond acceptors (Lipinski definition) is 4. The van der Waals surface area contributed by atoms with Gasteiger partial charge in [0.2, 0.25) is 5.88 Å². The molecule has 0 aliphatic heterocycles. The average molecular weight is 373 g/mol. The van der Waals surface area contributed by atoms with E-state index in [1.54, 1.807) is 22.8 Å². The van der Waals surface area contributed by atoms with Gasteiger partial charge in [0.25, 0.3) is 0 Å². The van der Waals surface area contributed by atoms with Crippen molar-refractivity contribution in [3.63, 3.8) is 0 Å². The Morgan fingerprint density at radius 3 is 2.73 bits per heavy atom. The molecule has 1 aromatic heterocycles. The summed E-state index contributed by atoms with van der Waals surface area (Å²) in [5.74, 6) is 1.16. The molecule has 2 aromatic carbocycles. The number of halogens is 1. The van der Waals surface area contributed by atoms with Crippen LogP contribution >= 0.6 is 11.6 Å². The van der Waals surface area contributed by atoms with Gasteiger partial charge in [-0.2, -0.15) is 0 Å². The molecule has 136 valence electrons. The lowest BCUT2D eigenvalue weighted by Gasteiger charge is -2.14. The molecule has 3 rings (SSSR count). The third kappa shape index (κ3) is 3.68. The molecule has 0 amide bonds. The van der Waals surface area contributed by atoms with Crippen LogP contribution in [0.1, 0.15) is 25.8 Å². The standard InChI is InChI=1S/C20H21ClN2O3/c1-13(2)9-10-26-18-6-4-3-5-14(18)12-23-17-8-7-15(21)11-16(17)19(22-25)20(23)24/h3-8,11,13,24H,9-10,12H2,1-2H3. The fraction of sp³-hybridized carbons (Fsp3) is 0.300. The predicted octanol–water partition coefficient (Wildman–Crippen LogP) is 5.87. The Morgan fingerprint density at radius 2 is 2.00 bits per heavy atom. The van der Waals surface area contributed by atoms with Crippen molar-refractivity contribution >= 4 is 28.2 Å². The van der Waals surface area contributed by atoms with Crippen LogP contribution in [0.2, 0.25) is 5.02 Å². The van der Waals surface area contributed by atoms with Crippen LogP contribution in [-0.2, 0) is 6.54 Å². The Kier molecular flexibility index (Phi) is 5.47. The highest BCUT2D eigenvalue weighted by Gasteiger charge is 2.19. The second-order valence-electron chi connectivity index (χ2n) is 6.65. The summed E-state index contributed by atoms with van der Waals surface area (Å²) >= 11 is 6.02. The lowest BCUT2D eigenvalue weighted by molar-refractivity contribution is 0.286. The molecule has 3 aromatic rings. The van der Waals surface area contributed by atoms with E-state index in [1.165, 1.54) is 0 Å². The van der Waals surface area contributed by atoms with Gasteiger partial charge in [-0.1, -0.05) is 43.6 Å². The van der Waals surface area contributed by atoms with Crippen molar-refractivity contribution in [3.8, 4) is 11.6 Å². The maximum atomic E-state index is 11.2. The minimum absolute atomic E-state index is 0.000655. The molecular formula is C20H21ClN2O3. The van der Waals surface area contributed by atoms with Crippen molar-refractivity contribution in [1.82, 2.24) is 4.57 Å². The fourth-order valence-corrected chi connectivity index (χ4v) is 3.07. The fourth-order valence-electron chi connectivity index (χ4n) is 2.90. The van der Waals surface area contributed by atoms with Crippen molar-refractivity contribution in [3.05, 3.63) is 58.0 Å². The smallest absolute Gasteiger partial charge is 0.222 e. The van der Waals surface area contributed by atoms with Crippen molar-refractivity contribution in [2.75, 3.05) is 6.61 Å². The van der Waals surface area contributed by atoms with Gasteiger partial charge >= 0.3 is 0 Å². The number of fused-ring (bicyclic) bond motifs is 1. The summed E-state index contributed by atoms with van der Waals surface area (Å²) in [5.41, 5.74) is 1.61. The summed E-state index contributed by atoms with van der Waals surface area (Å²) in [4.78, 5) is 11.2. The molecule has 0 unspecified atom stereocenters. The van der Waals surface area contributed by atoms with Crippen molar-refractivity contribution < 1.29 is 9.84 Å². The van der Waals surface area contributed by atoms with E-state index in [0.717, 1.165) is 17.7 Å². The van der Waals surface area contributed by atoms with Gasteiger partial charge in [-0.3, -0.25) is 0 Å². The first-order valence-corrected chi connectivity index (χ1v) is 8.93. The molecule has 0 radical (unpaired) electrons. The molecule has 5 nitrogen and oxygen atoms in total. The van der Waals surface area contributed by atoms with E-state index in [1.807, 2.05) is 24.3 Å². The van der Waals surface area contributed by atoms with Crippen LogP contribution in [0.15, 0.2) is 47.6 Å². The Labute approximate surface area is 157 Å². The summed E-state index contributed by atoms with van der Waals surface area (Å²) in [5, 5.41) is 14.5. The van der Waals surface area contributed by atoms with Gasteiger partial charge in [0, 0.05) is 16.0 Å². The number of benzene rings is 2. The van der Waals surface area contributed by atoms with Gasteiger partial charge in [0.1, 0.15) is 5.75 Å². The zero-order valence-electron chi connectivity index (χ0n) is 14.8. The first-order chi connectivity index (χ1) is 12.5. The van der Waals surface area contributed by atoms with E-state index < -0.39 is 0 Å². The number of aromatic nitrogens is 1. The number of aromatic hydroxyl groups is 1. The molecule has 0 aliphatic rings. The third-order valence-electron chi connectivity index (χ3n) is 4.32. The van der Waals surface area contributed by atoms with E-state index in [4.69, 9.17) is 16.3 Å². The second-order valence-corrected chi connectivity index (χ2v) is 7.09. The zero-order valence-corrected chi connectivity index (χ0v) is 15.5. The topological polar surface area (TPSA) is 63.8 Å². The molecule has 0 bridgehead atoms. The average Bonchev–Trinajstić information content (AvgIpc) is 2.86. The van der Waals surface area contributed by atoms with E-state index in [9.17, 15) is 10.0 Å². The monoisotopic (exact) mass is 372 g/mol. The summed E-state index contributed by atoms with van der Waals surface area (Å²) < 4.78 is 7.57. The Morgan fingerprint density at radius 1 is 1.23 bits per heavy atom. The highest BCUT2D eigenvalue weighted by molar-refractivity contribution is 6.31. The summed E-state index contributed by atoms with van der Waals surface area (Å²) in [7, 11) is 0. The highest BCUT2D eigenvalue weighted by Crippen LogP contribution is 2.40. The molecule has 6 heteroatoms. The van der Waals surface area contributed by atoms with Gasteiger partial charge in [0.05, 0.1) is 18.7 Å². The summed E-state index contributed by atoms with van der Waals surface area (Å²) in [6.45, 7) is 5.29. The number of hydrogen-bond donors (Lipinski definition) is 1. The number of para-hydroxylation sites is 1. The molecule has 1 N–H and O–H groups in total. The van der Waals surface area contributed by atoms with Crippen LogP contribution in [-0.4, -0.2) is 16.3 Å². The molecule has 0 fully saturated rings. The van der Waals surface area contributed by atoms with Crippen LogP contribution < -0.4 is 4.74 Å². The van der Waals surface area contributed by atoms with Gasteiger partial charge in [-0.25, -0.2) is 0 Å². The third-order valence-corrected chi connectivity index (χ3v) is 4.55. The highest BCUT2D eigenvalue weighted by atomic mass is 35.5. The molecule has 0 spiro atoms. The molecule has 1 heterocycles. The van der Waals surface area contributed by atoms with Crippen LogP contribution in [0.4, 0.5) is 5.69 Å². The molecule has 0 aliphatic carbocycles. The lowest BCUT2D eigenvalue weighted by Crippen LogP contribution is -2.06. The van der Waals surface area contributed by atoms with Crippen LogP contribution in [0.3, 0.4) is 0 Å². The van der Waals surface area contributed by atoms with Crippen LogP contribution in [0, 0.1) is 10.8 Å². The number of nitrogens with zero attached hydrogens (tertiary/aromatic N) is 2. The van der Waals surface area contributed by atoms with Gasteiger partial charge in [-0.15, -0.1) is 4.91 Å². The first kappa shape index (κ1) is 18.3. The molecule has 0 atom stereocenters. The maximum Gasteiger partial charge on any atom is 0.222 e. The van der Waals surface area contributed by atoms with Gasteiger partial charge in [-0.05, 0) is 41.8 Å². The first-order valence-electron chi connectivity index (χ1n) is 8.56. The zero-order chi connectivity index (χ0) is 18.7. The molecule has 26 heavy (non-hydrogen) atoms. The largest absolute Gasteiger partial charge is 0.493 e. The Balaban J connectivity index is 1.97. The number of nitroso groups, excluding NO2 is 1. The quantitative estimate of drug-likeness (QED) is 0.527. The number of rotatable bonds is 7. The van der Waals surface area contributed by atoms with Gasteiger partial charge < -0.3 is 14.4 Å². The lowest BCUT2D eigenvalue weighted by atomic mass is 10.1. The van der Waals surface area contributed by atoms with E-state index >= 15 is 0 Å². The minimum atomic E-state index is -0.172. The van der Waals surface area contributed by atoms with Gasteiger partial charge in [0.15, 0.2) is 5.69 Å². The normalized spacial score (nSPS) is 11.2. The molecule has 0 saturated carbocycles. The van der Waals surface area contributed by atoms with E-state index in [-0.39, 0.29) is 11.6 Å².